The van der Waals surface area contributed by atoms with Crippen LogP contribution in [0.4, 0.5) is 0 Å². The number of nitrogens with one attached hydrogen (secondary N) is 2. The number of allylic oxidation sites excluding steroid dienone is 1. The molecule has 10 atom stereocenters. The van der Waals surface area contributed by atoms with E-state index in [0.29, 0.717) is 54.2 Å². The van der Waals surface area contributed by atoms with E-state index in [4.69, 9.17) is 0 Å². The Labute approximate surface area is 329 Å². The van der Waals surface area contributed by atoms with Gasteiger partial charge >= 0.3 is 5.97 Å². The van der Waals surface area contributed by atoms with Gasteiger partial charge in [0.15, 0.2) is 0 Å². The first-order valence-corrected chi connectivity index (χ1v) is 21.2. The van der Waals surface area contributed by atoms with E-state index < -0.39 is 16.8 Å². The molecule has 7 nitrogen and oxygen atoms in total. The summed E-state index contributed by atoms with van der Waals surface area (Å²) in [5.41, 5.74) is 3.27. The summed E-state index contributed by atoms with van der Waals surface area (Å²) >= 11 is 0. The fraction of sp³-hybridized carbons (Fsp3) is 0.646. The van der Waals surface area contributed by atoms with Gasteiger partial charge in [0.1, 0.15) is 0 Å². The number of rotatable bonds is 9. The van der Waals surface area contributed by atoms with Crippen molar-refractivity contribution in [2.24, 2.45) is 57.2 Å². The highest BCUT2D eigenvalue weighted by atomic mass is 16.4. The summed E-state index contributed by atoms with van der Waals surface area (Å²) < 4.78 is 0. The number of carboxylic acid groups (broad SMARTS) is 1. The SMILES string of the molecule is C=C(C)C1CCC2(C(=O)NCc3cccc(C(=O)NCC(C)(C)c4cccc(C(=O)O)c4)c3)CCC3C(CCC4C3(C)CCC3C(C)(C)C(O)CCC34C)C12. The van der Waals surface area contributed by atoms with Crippen LogP contribution in [0.1, 0.15) is 145 Å². The number of amides is 2. The molecule has 7 heteroatoms. The van der Waals surface area contributed by atoms with Gasteiger partial charge in [-0.05, 0) is 158 Å². The van der Waals surface area contributed by atoms with E-state index in [0.717, 1.165) is 49.7 Å². The van der Waals surface area contributed by atoms with Crippen LogP contribution in [0.3, 0.4) is 0 Å². The minimum Gasteiger partial charge on any atom is -0.478 e. The summed E-state index contributed by atoms with van der Waals surface area (Å²) in [6.07, 6.45) is 10.6. The Morgan fingerprint density at radius 1 is 0.818 bits per heavy atom. The Morgan fingerprint density at radius 2 is 1.51 bits per heavy atom. The first-order valence-electron chi connectivity index (χ1n) is 21.2. The van der Waals surface area contributed by atoms with Gasteiger partial charge in [-0.2, -0.15) is 0 Å². The molecule has 5 aliphatic rings. The Hall–Kier alpha value is -3.45. The summed E-state index contributed by atoms with van der Waals surface area (Å²) in [5, 5.41) is 27.0. The van der Waals surface area contributed by atoms with Crippen molar-refractivity contribution in [3.8, 4) is 0 Å². The Balaban J connectivity index is 1.05. The second-order valence-corrected chi connectivity index (χ2v) is 20.4. The maximum Gasteiger partial charge on any atom is 0.335 e. The number of aromatic carboxylic acids is 1. The average molecular weight is 751 g/mol. The number of aliphatic hydroxyl groups is 1. The van der Waals surface area contributed by atoms with Gasteiger partial charge in [-0.25, -0.2) is 4.79 Å². The summed E-state index contributed by atoms with van der Waals surface area (Å²) in [6, 6.07) is 14.4. The normalized spacial score (nSPS) is 36.3. The minimum absolute atomic E-state index is 0.0559. The topological polar surface area (TPSA) is 116 Å². The predicted octanol–water partition coefficient (Wildman–Crippen LogP) is 9.34. The number of benzene rings is 2. The number of carboxylic acids is 1. The van der Waals surface area contributed by atoms with Gasteiger partial charge in [0.2, 0.25) is 5.91 Å². The van der Waals surface area contributed by atoms with Crippen LogP contribution in [0, 0.1) is 57.2 Å². The lowest BCUT2D eigenvalue weighted by molar-refractivity contribution is -0.216. The summed E-state index contributed by atoms with van der Waals surface area (Å²) in [4.78, 5) is 39.6. The van der Waals surface area contributed by atoms with E-state index in [-0.39, 0.29) is 39.7 Å². The van der Waals surface area contributed by atoms with Crippen LogP contribution in [-0.2, 0) is 16.8 Å². The smallest absolute Gasteiger partial charge is 0.335 e. The zero-order valence-electron chi connectivity index (χ0n) is 34.5. The molecule has 5 aliphatic carbocycles. The molecular formula is C48H66N2O5. The maximum absolute atomic E-state index is 14.7. The van der Waals surface area contributed by atoms with Crippen molar-refractivity contribution in [2.45, 2.75) is 131 Å². The molecule has 10 unspecified atom stereocenters. The van der Waals surface area contributed by atoms with E-state index in [1.807, 2.05) is 38.1 Å². The third-order valence-corrected chi connectivity index (χ3v) is 16.9. The fourth-order valence-electron chi connectivity index (χ4n) is 14.0. The van der Waals surface area contributed by atoms with E-state index in [1.165, 1.54) is 31.3 Å². The largest absolute Gasteiger partial charge is 0.478 e. The lowest BCUT2D eigenvalue weighted by atomic mass is 9.36. The van der Waals surface area contributed by atoms with Gasteiger partial charge in [-0.3, -0.25) is 9.59 Å². The number of aliphatic hydroxyl groups excluding tert-OH is 1. The van der Waals surface area contributed by atoms with Gasteiger partial charge in [0.25, 0.3) is 5.91 Å². The van der Waals surface area contributed by atoms with Crippen molar-refractivity contribution in [1.29, 1.82) is 0 Å². The van der Waals surface area contributed by atoms with Crippen LogP contribution in [0.25, 0.3) is 0 Å². The molecule has 4 N–H and O–H groups in total. The van der Waals surface area contributed by atoms with E-state index in [1.54, 1.807) is 24.3 Å². The summed E-state index contributed by atoms with van der Waals surface area (Å²) in [5.74, 6) is 1.96. The molecular weight excluding hydrogens is 685 g/mol. The number of carbonyl (C=O) groups excluding carboxylic acids is 2. The molecule has 55 heavy (non-hydrogen) atoms. The van der Waals surface area contributed by atoms with Crippen molar-refractivity contribution in [3.63, 3.8) is 0 Å². The zero-order chi connectivity index (χ0) is 39.7. The van der Waals surface area contributed by atoms with Crippen LogP contribution < -0.4 is 10.6 Å². The highest BCUT2D eigenvalue weighted by Crippen LogP contribution is 2.73. The second kappa shape index (κ2) is 14.2. The molecule has 5 saturated carbocycles. The summed E-state index contributed by atoms with van der Waals surface area (Å²) in [7, 11) is 0. The predicted molar refractivity (Wildman–Crippen MR) is 217 cm³/mol. The number of hydrogen-bond acceptors (Lipinski definition) is 4. The first-order chi connectivity index (χ1) is 25.8. The lowest BCUT2D eigenvalue weighted by Crippen LogP contribution is -2.64. The molecule has 2 amide bonds. The first kappa shape index (κ1) is 39.8. The fourth-order valence-corrected chi connectivity index (χ4v) is 14.0. The molecule has 0 bridgehead atoms. The number of hydrogen-bond donors (Lipinski definition) is 4. The maximum atomic E-state index is 14.7. The van der Waals surface area contributed by atoms with Crippen molar-refractivity contribution >= 4 is 17.8 Å². The van der Waals surface area contributed by atoms with Crippen LogP contribution in [-0.4, -0.2) is 40.6 Å². The third-order valence-electron chi connectivity index (χ3n) is 16.9. The minimum atomic E-state index is -0.975. The molecule has 0 saturated heterocycles. The van der Waals surface area contributed by atoms with Crippen LogP contribution >= 0.6 is 0 Å². The molecule has 0 aliphatic heterocycles. The van der Waals surface area contributed by atoms with Gasteiger partial charge < -0.3 is 20.8 Å². The molecule has 298 valence electrons. The Kier molecular flexibility index (Phi) is 10.3. The third kappa shape index (κ3) is 6.58. The van der Waals surface area contributed by atoms with Gasteiger partial charge in [-0.15, -0.1) is 0 Å². The second-order valence-electron chi connectivity index (χ2n) is 20.4. The van der Waals surface area contributed by atoms with Crippen molar-refractivity contribution < 1.29 is 24.6 Å². The van der Waals surface area contributed by atoms with E-state index in [2.05, 4.69) is 51.8 Å². The van der Waals surface area contributed by atoms with Gasteiger partial charge in [0.05, 0.1) is 17.1 Å². The molecule has 0 aromatic heterocycles. The van der Waals surface area contributed by atoms with Crippen molar-refractivity contribution in [1.82, 2.24) is 10.6 Å². The van der Waals surface area contributed by atoms with Crippen LogP contribution in [0.5, 0.6) is 0 Å². The molecule has 0 spiro atoms. The highest BCUT2D eigenvalue weighted by Gasteiger charge is 2.68. The van der Waals surface area contributed by atoms with Crippen LogP contribution in [0.2, 0.25) is 0 Å². The quantitative estimate of drug-likeness (QED) is 0.191. The monoisotopic (exact) mass is 750 g/mol. The highest BCUT2D eigenvalue weighted by molar-refractivity contribution is 5.94. The standard InChI is InChI=1S/C48H66N2O5/c1-29(2)34-17-23-48(24-18-36-35(40(34)48)15-16-38-46(36,7)21-19-37-45(5,6)39(51)20-22-47(37,38)8)43(55)49-27-30-11-9-12-31(25-30)41(52)50-28-44(3,4)33-14-10-13-32(26-33)42(53)54/h9-14,25-26,34-40,51H,1,15-24,27-28H2,2-8H3,(H,49,55)(H,50,52)(H,53,54). The molecule has 0 heterocycles. The van der Waals surface area contributed by atoms with E-state index >= 15 is 0 Å². The van der Waals surface area contributed by atoms with Crippen LogP contribution in [0.15, 0.2) is 60.7 Å². The van der Waals surface area contributed by atoms with Gasteiger partial charge in [-0.1, -0.05) is 78.0 Å². The lowest BCUT2D eigenvalue weighted by Gasteiger charge is -2.69. The zero-order valence-corrected chi connectivity index (χ0v) is 34.5. The number of carbonyl (C=O) groups is 3. The molecule has 5 fully saturated rings. The molecule has 0 radical (unpaired) electrons. The Bertz CT molecular complexity index is 1850. The van der Waals surface area contributed by atoms with Crippen molar-refractivity contribution in [2.75, 3.05) is 6.54 Å². The number of fused-ring (bicyclic) bond motifs is 7. The molecule has 2 aromatic carbocycles. The average Bonchev–Trinajstić information content (AvgIpc) is 3.56. The van der Waals surface area contributed by atoms with Gasteiger partial charge in [0, 0.05) is 24.1 Å². The summed E-state index contributed by atoms with van der Waals surface area (Å²) in [6.45, 7) is 21.2. The molecule has 7 rings (SSSR count). The van der Waals surface area contributed by atoms with E-state index in [9.17, 15) is 24.6 Å². The Morgan fingerprint density at radius 3 is 2.24 bits per heavy atom. The molecule has 2 aromatic rings. The van der Waals surface area contributed by atoms with Crippen molar-refractivity contribution in [3.05, 3.63) is 82.9 Å².